The van der Waals surface area contributed by atoms with Crippen molar-refractivity contribution in [2.24, 2.45) is 0 Å². The van der Waals surface area contributed by atoms with Crippen LogP contribution >= 0.6 is 11.8 Å². The lowest BCUT2D eigenvalue weighted by Crippen LogP contribution is -2.13. The molecule has 0 saturated carbocycles. The van der Waals surface area contributed by atoms with Gasteiger partial charge in [-0.25, -0.2) is 9.37 Å². The molecule has 0 spiro atoms. The highest BCUT2D eigenvalue weighted by atomic mass is 32.2. The van der Waals surface area contributed by atoms with E-state index in [4.69, 9.17) is 5.26 Å². The Kier molecular flexibility index (Phi) is 5.55. The molecule has 0 aliphatic rings. The number of rotatable bonds is 4. The normalized spacial score (nSPS) is 13.0. The number of nitrogens with zero attached hydrogens (tertiary/aromatic N) is 3. The summed E-state index contributed by atoms with van der Waals surface area (Å²) in [7, 11) is -1.08. The summed E-state index contributed by atoms with van der Waals surface area (Å²) < 4.78 is 23.9. The van der Waals surface area contributed by atoms with Crippen molar-refractivity contribution in [2.45, 2.75) is 11.4 Å². The number of hydrogen-bond acceptors (Lipinski definition) is 3. The van der Waals surface area contributed by atoms with Crippen molar-refractivity contribution in [1.82, 2.24) is 4.98 Å². The molecule has 4 nitrogen and oxygen atoms in total. The van der Waals surface area contributed by atoms with Crippen molar-refractivity contribution in [1.29, 1.82) is 5.26 Å². The molecule has 7 heteroatoms. The zero-order valence-corrected chi connectivity index (χ0v) is 11.2. The van der Waals surface area contributed by atoms with Crippen LogP contribution in [0.2, 0.25) is 0 Å². The number of halogens is 1. The fourth-order valence-corrected chi connectivity index (χ4v) is 2.11. The molecule has 0 saturated heterocycles. The second-order valence-electron chi connectivity index (χ2n) is 3.23. The van der Waals surface area contributed by atoms with Crippen LogP contribution in [0.1, 0.15) is 5.56 Å². The van der Waals surface area contributed by atoms with Crippen molar-refractivity contribution < 1.29 is 12.9 Å². The van der Waals surface area contributed by atoms with Gasteiger partial charge < -0.3 is 4.55 Å². The van der Waals surface area contributed by atoms with Crippen molar-refractivity contribution in [2.75, 3.05) is 19.1 Å². The Labute approximate surface area is 106 Å². The quantitative estimate of drug-likeness (QED) is 0.394. The van der Waals surface area contributed by atoms with Gasteiger partial charge in [-0.05, 0) is 17.9 Å². The summed E-state index contributed by atoms with van der Waals surface area (Å²) in [6.07, 6.45) is 7.26. The molecule has 92 valence electrons. The zero-order valence-electron chi connectivity index (χ0n) is 9.55. The molecule has 0 bridgehead atoms. The fourth-order valence-electron chi connectivity index (χ4n) is 1.22. The number of pyridine rings is 1. The number of thioether (sulfide) groups is 1. The first kappa shape index (κ1) is 14.1. The lowest BCUT2D eigenvalue weighted by Gasteiger charge is -2.02. The summed E-state index contributed by atoms with van der Waals surface area (Å²) in [6, 6.07) is 1.42. The van der Waals surface area contributed by atoms with Gasteiger partial charge in [0.2, 0.25) is 0 Å². The van der Waals surface area contributed by atoms with Crippen molar-refractivity contribution in [3.63, 3.8) is 0 Å². The molecule has 0 radical (unpaired) electrons. The molecule has 0 amide bonds. The topological polar surface area (TPSA) is 59.9 Å². The molecule has 0 aliphatic heterocycles. The minimum absolute atomic E-state index is 0.349. The van der Waals surface area contributed by atoms with Gasteiger partial charge in [0, 0.05) is 18.9 Å². The van der Waals surface area contributed by atoms with Crippen LogP contribution in [0.4, 0.5) is 4.39 Å². The van der Waals surface area contributed by atoms with Crippen molar-refractivity contribution in [3.05, 3.63) is 23.6 Å². The Morgan fingerprint density at radius 3 is 2.88 bits per heavy atom. The van der Waals surface area contributed by atoms with Crippen LogP contribution in [0.5, 0.6) is 0 Å². The molecule has 1 N–H and O–H groups in total. The fraction of sp³-hybridized carbons (Fsp3) is 0.400. The highest BCUT2D eigenvalue weighted by Crippen LogP contribution is 2.16. The van der Waals surface area contributed by atoms with Crippen LogP contribution in [-0.2, 0) is 17.4 Å². The van der Waals surface area contributed by atoms with Crippen LogP contribution in [0, 0.1) is 17.3 Å². The molecule has 1 aromatic rings. The summed E-state index contributed by atoms with van der Waals surface area (Å²) in [5, 5.41) is 9.11. The molecule has 1 aromatic heterocycles. The lowest BCUT2D eigenvalue weighted by molar-refractivity contribution is -0.414. The van der Waals surface area contributed by atoms with Crippen LogP contribution < -0.4 is 0 Å². The van der Waals surface area contributed by atoms with Crippen LogP contribution in [0.15, 0.2) is 17.3 Å². The van der Waals surface area contributed by atoms with E-state index >= 15 is 0 Å². The van der Waals surface area contributed by atoms with E-state index in [9.17, 15) is 8.94 Å². The van der Waals surface area contributed by atoms with E-state index in [2.05, 4.69) is 4.98 Å². The second-order valence-corrected chi connectivity index (χ2v) is 5.36. The van der Waals surface area contributed by atoms with E-state index in [0.29, 0.717) is 23.6 Å². The minimum atomic E-state index is -1.08. The molecule has 17 heavy (non-hydrogen) atoms. The van der Waals surface area contributed by atoms with Gasteiger partial charge in [0.15, 0.2) is 11.1 Å². The van der Waals surface area contributed by atoms with Crippen molar-refractivity contribution in [3.8, 4) is 6.19 Å². The van der Waals surface area contributed by atoms with Gasteiger partial charge in [-0.3, -0.25) is 0 Å². The third kappa shape index (κ3) is 4.07. The molecule has 0 aromatic carbocycles. The van der Waals surface area contributed by atoms with Crippen LogP contribution in [0.3, 0.4) is 0 Å². The molecule has 0 fully saturated rings. The van der Waals surface area contributed by atoms with Gasteiger partial charge in [-0.1, -0.05) is 0 Å². The molecule has 1 atom stereocenters. The lowest BCUT2D eigenvalue weighted by atomic mass is 10.2. The van der Waals surface area contributed by atoms with Gasteiger partial charge in [0.1, 0.15) is 22.5 Å². The first-order valence-corrected chi connectivity index (χ1v) is 7.56. The van der Waals surface area contributed by atoms with E-state index in [1.165, 1.54) is 21.8 Å². The van der Waals surface area contributed by atoms with Crippen LogP contribution in [-0.4, -0.2) is 32.5 Å². The van der Waals surface area contributed by atoms with E-state index in [1.54, 1.807) is 18.7 Å². The monoisotopic (exact) mass is 274 g/mol. The Morgan fingerprint density at radius 1 is 1.71 bits per heavy atom. The predicted octanol–water partition coefficient (Wildman–Crippen LogP) is 1.88. The summed E-state index contributed by atoms with van der Waals surface area (Å²) in [5.74, 6) is -0.349. The van der Waals surface area contributed by atoms with E-state index in [1.807, 2.05) is 6.19 Å². The van der Waals surface area contributed by atoms with Gasteiger partial charge in [-0.2, -0.15) is 0 Å². The summed E-state index contributed by atoms with van der Waals surface area (Å²) in [6.45, 7) is 0.354. The zero-order chi connectivity index (χ0) is 12.8. The molecule has 1 rings (SSSR count). The number of aromatic nitrogens is 1. The van der Waals surface area contributed by atoms with E-state index in [0.717, 1.165) is 0 Å². The Morgan fingerprint density at radius 2 is 2.41 bits per heavy atom. The molecular weight excluding hydrogens is 261 g/mol. The number of nitriles is 1. The Balaban J connectivity index is 2.75. The smallest absolute Gasteiger partial charge is 0.306 e. The van der Waals surface area contributed by atoms with Crippen molar-refractivity contribution >= 4 is 22.7 Å². The minimum Gasteiger partial charge on any atom is -0.306 e. The molecule has 1 heterocycles. The first-order valence-electron chi connectivity index (χ1n) is 4.79. The maximum absolute atomic E-state index is 13.4. The highest BCUT2D eigenvalue weighted by molar-refractivity contribution is 7.98. The average Bonchev–Trinajstić information content (AvgIpc) is 2.29. The summed E-state index contributed by atoms with van der Waals surface area (Å²) >= 11 is 1.25. The second kappa shape index (κ2) is 6.69. The first-order chi connectivity index (χ1) is 8.08. The third-order valence-electron chi connectivity index (χ3n) is 2.09. The van der Waals surface area contributed by atoms with Gasteiger partial charge in [0.05, 0.1) is 0 Å². The van der Waals surface area contributed by atoms with Crippen LogP contribution in [0.25, 0.3) is 0 Å². The van der Waals surface area contributed by atoms with Gasteiger partial charge in [0.25, 0.3) is 0 Å². The Hall–Kier alpha value is -0.970. The molecular formula is C10H13FN3OS2+. The standard InChI is InChI=1S/C10H12FN3OS2/c1-16-10-9(11)5-8(6-13-10)3-4-14(7-12)17(2)15/h5-6H,3-4H2,1-2H3/p+1. The largest absolute Gasteiger partial charge is 0.467 e. The van der Waals surface area contributed by atoms with Gasteiger partial charge >= 0.3 is 6.19 Å². The van der Waals surface area contributed by atoms with E-state index in [-0.39, 0.29) is 5.82 Å². The average molecular weight is 274 g/mol. The molecule has 0 aliphatic carbocycles. The third-order valence-corrected chi connectivity index (χ3v) is 3.68. The molecule has 1 unspecified atom stereocenters. The summed E-state index contributed by atoms with van der Waals surface area (Å²) in [5.41, 5.74) is 0.714. The summed E-state index contributed by atoms with van der Waals surface area (Å²) in [4.78, 5) is 3.97. The van der Waals surface area contributed by atoms with Gasteiger partial charge in [-0.15, -0.1) is 15.7 Å². The number of hydrogen-bond donors (Lipinski definition) is 1. The Bertz CT molecular complexity index is 481. The SMILES string of the molecule is CSc1ncc(CC[N+](C#N)=S(C)O)cc1F. The predicted molar refractivity (Wildman–Crippen MR) is 66.3 cm³/mol. The maximum atomic E-state index is 13.4. The van der Waals surface area contributed by atoms with E-state index < -0.39 is 11.0 Å². The maximum Gasteiger partial charge on any atom is 0.467 e. The highest BCUT2D eigenvalue weighted by Gasteiger charge is 2.08.